The lowest BCUT2D eigenvalue weighted by molar-refractivity contribution is -0.116. The van der Waals surface area contributed by atoms with Gasteiger partial charge in [-0.15, -0.1) is 0 Å². The molecule has 0 radical (unpaired) electrons. The molecule has 1 amide bonds. The number of hydrogen-bond acceptors (Lipinski definition) is 3. The second-order valence-electron chi connectivity index (χ2n) is 5.30. The predicted molar refractivity (Wildman–Crippen MR) is 77.1 cm³/mol. The van der Waals surface area contributed by atoms with E-state index in [2.05, 4.69) is 10.6 Å². The van der Waals surface area contributed by atoms with Crippen molar-refractivity contribution in [1.29, 1.82) is 0 Å². The molecule has 3 N–H and O–H groups in total. The SMILES string of the molecule is Cc1cc(NC(=O)CCNC2CC2)cc(C(=O)O)c1C. The maximum atomic E-state index is 11.8. The first-order valence-electron chi connectivity index (χ1n) is 6.85. The van der Waals surface area contributed by atoms with E-state index in [1.54, 1.807) is 13.0 Å². The number of amides is 1. The van der Waals surface area contributed by atoms with Gasteiger partial charge in [-0.1, -0.05) is 0 Å². The molecule has 1 aliphatic carbocycles. The van der Waals surface area contributed by atoms with Crippen LogP contribution in [0.15, 0.2) is 12.1 Å². The van der Waals surface area contributed by atoms with Crippen LogP contribution in [0.3, 0.4) is 0 Å². The first-order valence-corrected chi connectivity index (χ1v) is 6.85. The highest BCUT2D eigenvalue weighted by molar-refractivity contribution is 5.95. The molecule has 0 atom stereocenters. The summed E-state index contributed by atoms with van der Waals surface area (Å²) in [4.78, 5) is 22.9. The molecule has 1 saturated carbocycles. The van der Waals surface area contributed by atoms with Gasteiger partial charge < -0.3 is 15.7 Å². The number of carbonyl (C=O) groups excluding carboxylic acids is 1. The fraction of sp³-hybridized carbons (Fsp3) is 0.467. The summed E-state index contributed by atoms with van der Waals surface area (Å²) in [7, 11) is 0. The zero-order chi connectivity index (χ0) is 14.7. The molecule has 1 aliphatic rings. The van der Waals surface area contributed by atoms with E-state index in [1.165, 1.54) is 18.9 Å². The first-order chi connectivity index (χ1) is 9.47. The Morgan fingerprint density at radius 3 is 2.60 bits per heavy atom. The smallest absolute Gasteiger partial charge is 0.336 e. The number of carboxylic acid groups (broad SMARTS) is 1. The third-order valence-electron chi connectivity index (χ3n) is 3.54. The summed E-state index contributed by atoms with van der Waals surface area (Å²) < 4.78 is 0. The van der Waals surface area contributed by atoms with Crippen LogP contribution in [0.5, 0.6) is 0 Å². The Bertz CT molecular complexity index is 536. The highest BCUT2D eigenvalue weighted by atomic mass is 16.4. The molecular weight excluding hydrogens is 256 g/mol. The molecule has 5 nitrogen and oxygen atoms in total. The summed E-state index contributed by atoms with van der Waals surface area (Å²) in [5.74, 6) is -1.07. The summed E-state index contributed by atoms with van der Waals surface area (Å²) in [5, 5.41) is 15.2. The Morgan fingerprint density at radius 1 is 1.30 bits per heavy atom. The second-order valence-corrected chi connectivity index (χ2v) is 5.30. The van der Waals surface area contributed by atoms with Crippen molar-refractivity contribution >= 4 is 17.6 Å². The molecule has 108 valence electrons. The molecule has 0 aromatic heterocycles. The molecule has 0 spiro atoms. The summed E-state index contributed by atoms with van der Waals surface area (Å²) in [5.41, 5.74) is 2.36. The number of benzene rings is 1. The topological polar surface area (TPSA) is 78.4 Å². The van der Waals surface area contributed by atoms with E-state index in [1.807, 2.05) is 6.92 Å². The molecule has 20 heavy (non-hydrogen) atoms. The number of hydrogen-bond donors (Lipinski definition) is 3. The molecule has 0 bridgehead atoms. The second kappa shape index (κ2) is 6.05. The number of anilines is 1. The van der Waals surface area contributed by atoms with Gasteiger partial charge in [0.1, 0.15) is 0 Å². The van der Waals surface area contributed by atoms with E-state index in [0.29, 0.717) is 24.7 Å². The van der Waals surface area contributed by atoms with Crippen LogP contribution in [0.1, 0.15) is 40.7 Å². The predicted octanol–water partition coefficient (Wildman–Crippen LogP) is 2.08. The van der Waals surface area contributed by atoms with Gasteiger partial charge >= 0.3 is 5.97 Å². The van der Waals surface area contributed by atoms with Crippen LogP contribution in [0, 0.1) is 13.8 Å². The molecule has 5 heteroatoms. The van der Waals surface area contributed by atoms with E-state index in [-0.39, 0.29) is 11.5 Å². The lowest BCUT2D eigenvalue weighted by Crippen LogP contribution is -2.23. The van der Waals surface area contributed by atoms with Gasteiger partial charge in [0.05, 0.1) is 5.56 Å². The lowest BCUT2D eigenvalue weighted by atomic mass is 10.0. The zero-order valence-electron chi connectivity index (χ0n) is 11.8. The fourth-order valence-electron chi connectivity index (χ4n) is 2.05. The van der Waals surface area contributed by atoms with Crippen LogP contribution < -0.4 is 10.6 Å². The minimum Gasteiger partial charge on any atom is -0.478 e. The lowest BCUT2D eigenvalue weighted by Gasteiger charge is -2.11. The van der Waals surface area contributed by atoms with Crippen LogP contribution in [-0.2, 0) is 4.79 Å². The standard InChI is InChI=1S/C15H20N2O3/c1-9-7-12(8-13(10(9)2)15(19)20)17-14(18)5-6-16-11-3-4-11/h7-8,11,16H,3-6H2,1-2H3,(H,17,18)(H,19,20). The van der Waals surface area contributed by atoms with E-state index < -0.39 is 5.97 Å². The van der Waals surface area contributed by atoms with Crippen LogP contribution in [0.4, 0.5) is 5.69 Å². The van der Waals surface area contributed by atoms with Gasteiger partial charge in [0.25, 0.3) is 0 Å². The van der Waals surface area contributed by atoms with Crippen molar-refractivity contribution in [1.82, 2.24) is 5.32 Å². The van der Waals surface area contributed by atoms with Crippen LogP contribution >= 0.6 is 0 Å². The molecule has 0 unspecified atom stereocenters. The van der Waals surface area contributed by atoms with Crippen LogP contribution in [0.2, 0.25) is 0 Å². The average Bonchev–Trinajstić information content (AvgIpc) is 3.17. The highest BCUT2D eigenvalue weighted by Gasteiger charge is 2.20. The quantitative estimate of drug-likeness (QED) is 0.743. The van der Waals surface area contributed by atoms with Gasteiger partial charge in [-0.2, -0.15) is 0 Å². The van der Waals surface area contributed by atoms with Crippen molar-refractivity contribution in [2.45, 2.75) is 39.2 Å². The minimum absolute atomic E-state index is 0.0993. The Labute approximate surface area is 118 Å². The first kappa shape index (κ1) is 14.5. The Morgan fingerprint density at radius 2 is 2.00 bits per heavy atom. The largest absolute Gasteiger partial charge is 0.478 e. The van der Waals surface area contributed by atoms with Gasteiger partial charge in [0, 0.05) is 24.7 Å². The number of carboxylic acids is 1. The van der Waals surface area contributed by atoms with Crippen molar-refractivity contribution in [3.63, 3.8) is 0 Å². The van der Waals surface area contributed by atoms with Gasteiger partial charge in [0.2, 0.25) is 5.91 Å². The van der Waals surface area contributed by atoms with Gasteiger partial charge in [0.15, 0.2) is 0 Å². The average molecular weight is 276 g/mol. The number of carbonyl (C=O) groups is 2. The Hall–Kier alpha value is -1.88. The monoisotopic (exact) mass is 276 g/mol. The maximum absolute atomic E-state index is 11.8. The van der Waals surface area contributed by atoms with E-state index in [9.17, 15) is 9.59 Å². The summed E-state index contributed by atoms with van der Waals surface area (Å²) >= 11 is 0. The molecule has 1 aromatic rings. The third kappa shape index (κ3) is 3.81. The van der Waals surface area contributed by atoms with Gasteiger partial charge in [-0.3, -0.25) is 4.79 Å². The van der Waals surface area contributed by atoms with Crippen molar-refractivity contribution in [3.05, 3.63) is 28.8 Å². The Kier molecular flexibility index (Phi) is 4.39. The van der Waals surface area contributed by atoms with Gasteiger partial charge in [-0.25, -0.2) is 4.79 Å². The number of aryl methyl sites for hydroxylation is 1. The van der Waals surface area contributed by atoms with Crippen molar-refractivity contribution in [2.75, 3.05) is 11.9 Å². The summed E-state index contributed by atoms with van der Waals surface area (Å²) in [6.07, 6.45) is 2.79. The molecule has 0 aliphatic heterocycles. The number of nitrogens with one attached hydrogen (secondary N) is 2. The third-order valence-corrected chi connectivity index (χ3v) is 3.54. The van der Waals surface area contributed by atoms with Crippen molar-refractivity contribution < 1.29 is 14.7 Å². The molecule has 2 rings (SSSR count). The number of aromatic carboxylic acids is 1. The number of rotatable bonds is 6. The van der Waals surface area contributed by atoms with E-state index in [0.717, 1.165) is 11.1 Å². The normalized spacial score (nSPS) is 14.1. The molecular formula is C15H20N2O3. The van der Waals surface area contributed by atoms with E-state index >= 15 is 0 Å². The van der Waals surface area contributed by atoms with Crippen LogP contribution in [0.25, 0.3) is 0 Å². The minimum atomic E-state index is -0.975. The zero-order valence-corrected chi connectivity index (χ0v) is 11.8. The molecule has 0 heterocycles. The summed E-state index contributed by atoms with van der Waals surface area (Å²) in [6.45, 7) is 4.27. The molecule has 0 saturated heterocycles. The van der Waals surface area contributed by atoms with Crippen molar-refractivity contribution in [2.24, 2.45) is 0 Å². The van der Waals surface area contributed by atoms with Crippen LogP contribution in [-0.4, -0.2) is 29.6 Å². The van der Waals surface area contributed by atoms with Gasteiger partial charge in [-0.05, 0) is 49.9 Å². The Balaban J connectivity index is 1.97. The summed E-state index contributed by atoms with van der Waals surface area (Å²) in [6, 6.07) is 3.90. The molecule has 1 aromatic carbocycles. The fourth-order valence-corrected chi connectivity index (χ4v) is 2.05. The maximum Gasteiger partial charge on any atom is 0.336 e. The van der Waals surface area contributed by atoms with E-state index in [4.69, 9.17) is 5.11 Å². The van der Waals surface area contributed by atoms with Crippen molar-refractivity contribution in [3.8, 4) is 0 Å². The highest BCUT2D eigenvalue weighted by Crippen LogP contribution is 2.20. The molecule has 1 fully saturated rings.